The SMILES string of the molecule is CCOc1ccccc1NC(=O)C(=O)NC[C@@H](c1ccc2c(c1)CCN2C)N1CCCC1. The summed E-state index contributed by atoms with van der Waals surface area (Å²) < 4.78 is 5.53. The van der Waals surface area contributed by atoms with Crippen molar-refractivity contribution < 1.29 is 14.3 Å². The van der Waals surface area contributed by atoms with E-state index < -0.39 is 11.8 Å². The van der Waals surface area contributed by atoms with Crippen molar-refractivity contribution in [3.8, 4) is 5.75 Å². The minimum absolute atomic E-state index is 0.0566. The Morgan fingerprint density at radius 2 is 1.84 bits per heavy atom. The fourth-order valence-electron chi connectivity index (χ4n) is 4.60. The number of likely N-dealkylation sites (N-methyl/N-ethyl adjacent to an activating group) is 1. The molecule has 1 fully saturated rings. The van der Waals surface area contributed by atoms with Crippen LogP contribution >= 0.6 is 0 Å². The first-order valence-electron chi connectivity index (χ1n) is 11.5. The maximum atomic E-state index is 12.6. The van der Waals surface area contributed by atoms with Crippen molar-refractivity contribution in [2.75, 3.05) is 50.1 Å². The Morgan fingerprint density at radius 3 is 2.62 bits per heavy atom. The number of fused-ring (bicyclic) bond motifs is 1. The number of ether oxygens (including phenoxy) is 1. The topological polar surface area (TPSA) is 73.9 Å². The minimum Gasteiger partial charge on any atom is -0.492 e. The zero-order valence-electron chi connectivity index (χ0n) is 18.9. The van der Waals surface area contributed by atoms with Gasteiger partial charge in [0.25, 0.3) is 0 Å². The van der Waals surface area contributed by atoms with Crippen LogP contribution in [0.4, 0.5) is 11.4 Å². The van der Waals surface area contributed by atoms with Crippen LogP contribution in [-0.2, 0) is 16.0 Å². The molecule has 4 rings (SSSR count). The third-order valence-electron chi connectivity index (χ3n) is 6.29. The maximum absolute atomic E-state index is 12.6. The summed E-state index contributed by atoms with van der Waals surface area (Å²) in [4.78, 5) is 29.8. The number of likely N-dealkylation sites (tertiary alicyclic amines) is 1. The summed E-state index contributed by atoms with van der Waals surface area (Å²) >= 11 is 0. The molecule has 2 aromatic rings. The molecule has 2 heterocycles. The van der Waals surface area contributed by atoms with Gasteiger partial charge in [-0.3, -0.25) is 14.5 Å². The zero-order chi connectivity index (χ0) is 22.5. The lowest BCUT2D eigenvalue weighted by atomic mass is 10.0. The zero-order valence-corrected chi connectivity index (χ0v) is 18.9. The summed E-state index contributed by atoms with van der Waals surface area (Å²) in [5, 5.41) is 5.53. The summed E-state index contributed by atoms with van der Waals surface area (Å²) in [5.41, 5.74) is 4.33. The number of hydrogen-bond acceptors (Lipinski definition) is 5. The quantitative estimate of drug-likeness (QED) is 0.653. The van der Waals surface area contributed by atoms with Crippen molar-refractivity contribution in [3.05, 3.63) is 53.6 Å². The van der Waals surface area contributed by atoms with E-state index in [4.69, 9.17) is 4.74 Å². The molecule has 0 saturated carbocycles. The first-order valence-corrected chi connectivity index (χ1v) is 11.5. The molecule has 0 unspecified atom stereocenters. The van der Waals surface area contributed by atoms with Gasteiger partial charge in [0.2, 0.25) is 0 Å². The second kappa shape index (κ2) is 10.0. The molecular weight excluding hydrogens is 404 g/mol. The summed E-state index contributed by atoms with van der Waals surface area (Å²) in [6.07, 6.45) is 3.36. The van der Waals surface area contributed by atoms with Crippen molar-refractivity contribution in [2.45, 2.75) is 32.2 Å². The van der Waals surface area contributed by atoms with E-state index >= 15 is 0 Å². The van der Waals surface area contributed by atoms with Gasteiger partial charge in [0.05, 0.1) is 18.3 Å². The smallest absolute Gasteiger partial charge is 0.313 e. The number of carbonyl (C=O) groups excluding carboxylic acids is 2. The van der Waals surface area contributed by atoms with Crippen molar-refractivity contribution in [1.29, 1.82) is 0 Å². The van der Waals surface area contributed by atoms with Crippen LogP contribution in [0, 0.1) is 0 Å². The molecule has 0 aromatic heterocycles. The lowest BCUT2D eigenvalue weighted by molar-refractivity contribution is -0.136. The van der Waals surface area contributed by atoms with Gasteiger partial charge in [-0.1, -0.05) is 24.3 Å². The van der Waals surface area contributed by atoms with Gasteiger partial charge in [0, 0.05) is 25.8 Å². The molecule has 2 aromatic carbocycles. The van der Waals surface area contributed by atoms with Crippen molar-refractivity contribution in [1.82, 2.24) is 10.2 Å². The van der Waals surface area contributed by atoms with Gasteiger partial charge in [-0.05, 0) is 68.6 Å². The van der Waals surface area contributed by atoms with E-state index in [1.807, 2.05) is 13.0 Å². The lowest BCUT2D eigenvalue weighted by Crippen LogP contribution is -2.41. The normalized spacial score (nSPS) is 16.5. The van der Waals surface area contributed by atoms with Crippen molar-refractivity contribution in [2.24, 2.45) is 0 Å². The number of carbonyl (C=O) groups is 2. The Morgan fingerprint density at radius 1 is 1.06 bits per heavy atom. The molecule has 1 saturated heterocycles. The molecule has 7 nitrogen and oxygen atoms in total. The van der Waals surface area contributed by atoms with Crippen LogP contribution < -0.4 is 20.3 Å². The van der Waals surface area contributed by atoms with Crippen molar-refractivity contribution in [3.63, 3.8) is 0 Å². The summed E-state index contributed by atoms with van der Waals surface area (Å²) in [5.74, 6) is -0.775. The second-order valence-corrected chi connectivity index (χ2v) is 8.41. The molecule has 170 valence electrons. The van der Waals surface area contributed by atoms with Gasteiger partial charge < -0.3 is 20.3 Å². The van der Waals surface area contributed by atoms with Gasteiger partial charge >= 0.3 is 11.8 Å². The number of para-hydroxylation sites is 2. The average molecular weight is 437 g/mol. The lowest BCUT2D eigenvalue weighted by Gasteiger charge is -2.28. The summed E-state index contributed by atoms with van der Waals surface area (Å²) in [6.45, 7) is 5.80. The van der Waals surface area contributed by atoms with Gasteiger partial charge in [-0.25, -0.2) is 0 Å². The highest BCUT2D eigenvalue weighted by Crippen LogP contribution is 2.32. The number of hydrogen-bond donors (Lipinski definition) is 2. The first-order chi connectivity index (χ1) is 15.6. The molecule has 2 N–H and O–H groups in total. The highest BCUT2D eigenvalue weighted by atomic mass is 16.5. The largest absolute Gasteiger partial charge is 0.492 e. The van der Waals surface area contributed by atoms with E-state index in [1.54, 1.807) is 18.2 Å². The highest BCUT2D eigenvalue weighted by Gasteiger charge is 2.27. The molecule has 2 amide bonds. The van der Waals surface area contributed by atoms with E-state index in [1.165, 1.54) is 16.8 Å². The number of nitrogens with zero attached hydrogens (tertiary/aromatic N) is 2. The molecule has 7 heteroatoms. The fraction of sp³-hybridized carbons (Fsp3) is 0.440. The van der Waals surface area contributed by atoms with Gasteiger partial charge in [-0.2, -0.15) is 0 Å². The van der Waals surface area contributed by atoms with Gasteiger partial charge in [0.1, 0.15) is 5.75 Å². The highest BCUT2D eigenvalue weighted by molar-refractivity contribution is 6.39. The minimum atomic E-state index is -0.687. The molecule has 0 spiro atoms. The fourth-order valence-corrected chi connectivity index (χ4v) is 4.60. The molecule has 1 atom stereocenters. The van der Waals surface area contributed by atoms with Crippen molar-refractivity contribution >= 4 is 23.2 Å². The number of nitrogens with one attached hydrogen (secondary N) is 2. The summed E-state index contributed by atoms with van der Waals surface area (Å²) in [7, 11) is 2.12. The number of amides is 2. The van der Waals surface area contributed by atoms with E-state index in [9.17, 15) is 9.59 Å². The van der Waals surface area contributed by atoms with Crippen LogP contribution in [-0.4, -0.2) is 56.5 Å². The predicted octanol–water partition coefficient (Wildman–Crippen LogP) is 2.97. The average Bonchev–Trinajstić information content (AvgIpc) is 3.46. The molecule has 0 bridgehead atoms. The Labute approximate surface area is 189 Å². The van der Waals surface area contributed by atoms with E-state index in [0.717, 1.165) is 38.9 Å². The molecule has 2 aliphatic heterocycles. The maximum Gasteiger partial charge on any atom is 0.313 e. The number of anilines is 2. The monoisotopic (exact) mass is 436 g/mol. The van der Waals surface area contributed by atoms with Crippen LogP contribution in [0.25, 0.3) is 0 Å². The molecular formula is C25H32N4O3. The van der Waals surface area contributed by atoms with Crippen LogP contribution in [0.1, 0.15) is 36.9 Å². The molecule has 2 aliphatic rings. The Bertz CT molecular complexity index is 971. The Kier molecular flexibility index (Phi) is 6.95. The number of benzene rings is 2. The van der Waals surface area contributed by atoms with E-state index in [2.05, 4.69) is 45.7 Å². The van der Waals surface area contributed by atoms with Gasteiger partial charge in [-0.15, -0.1) is 0 Å². The Balaban J connectivity index is 1.43. The molecule has 0 aliphatic carbocycles. The second-order valence-electron chi connectivity index (χ2n) is 8.41. The van der Waals surface area contributed by atoms with Crippen LogP contribution in [0.3, 0.4) is 0 Å². The predicted molar refractivity (Wildman–Crippen MR) is 126 cm³/mol. The number of rotatable bonds is 7. The van der Waals surface area contributed by atoms with E-state index in [0.29, 0.717) is 24.6 Å². The standard InChI is InChI=1S/C25H32N4O3/c1-3-32-23-9-5-4-8-20(23)27-25(31)24(30)26-17-22(29-13-6-7-14-29)18-10-11-21-19(16-18)12-15-28(21)2/h4-5,8-11,16,22H,3,6-7,12-15,17H2,1-2H3,(H,26,30)(H,27,31)/t22-/m0/s1. The Hall–Kier alpha value is -3.06. The van der Waals surface area contributed by atoms with Crippen LogP contribution in [0.15, 0.2) is 42.5 Å². The summed E-state index contributed by atoms with van der Waals surface area (Å²) in [6, 6.07) is 13.8. The third kappa shape index (κ3) is 4.88. The third-order valence-corrected chi connectivity index (χ3v) is 6.29. The first kappa shape index (κ1) is 22.1. The molecule has 0 radical (unpaired) electrons. The van der Waals surface area contributed by atoms with Gasteiger partial charge in [0.15, 0.2) is 0 Å². The van der Waals surface area contributed by atoms with Crippen LogP contribution in [0.5, 0.6) is 5.75 Å². The molecule has 32 heavy (non-hydrogen) atoms. The van der Waals surface area contributed by atoms with Crippen LogP contribution in [0.2, 0.25) is 0 Å². The van der Waals surface area contributed by atoms with E-state index in [-0.39, 0.29) is 6.04 Å².